The molecule has 0 spiro atoms. The fourth-order valence-electron chi connectivity index (χ4n) is 1.34. The third-order valence-corrected chi connectivity index (χ3v) is 2.52. The fourth-order valence-corrected chi connectivity index (χ4v) is 1.57. The molecule has 3 nitrogen and oxygen atoms in total. The molecule has 0 saturated carbocycles. The predicted octanol–water partition coefficient (Wildman–Crippen LogP) is 2.20. The third kappa shape index (κ3) is 5.15. The molecule has 0 aliphatic carbocycles. The number of methoxy groups -OCH3 is 1. The molecule has 0 bridgehead atoms. The van der Waals surface area contributed by atoms with E-state index in [-0.39, 0.29) is 11.3 Å². The van der Waals surface area contributed by atoms with Crippen molar-refractivity contribution in [3.8, 4) is 0 Å². The van der Waals surface area contributed by atoms with Gasteiger partial charge in [-0.15, -0.1) is 11.6 Å². The zero-order chi connectivity index (χ0) is 12.7. The second-order valence-corrected chi connectivity index (χ2v) is 4.22. The highest BCUT2D eigenvalue weighted by molar-refractivity contribution is 6.20. The Morgan fingerprint density at radius 3 is 3.00 bits per heavy atom. The zero-order valence-electron chi connectivity index (χ0n) is 9.58. The van der Waals surface area contributed by atoms with Crippen LogP contribution in [0.3, 0.4) is 0 Å². The monoisotopic (exact) mass is 259 g/mol. The quantitative estimate of drug-likeness (QED) is 0.796. The number of rotatable bonds is 6. The van der Waals surface area contributed by atoms with Gasteiger partial charge in [-0.2, -0.15) is 0 Å². The molecule has 5 heteroatoms. The Kier molecular flexibility index (Phi) is 5.94. The summed E-state index contributed by atoms with van der Waals surface area (Å²) in [6.45, 7) is 0.879. The summed E-state index contributed by atoms with van der Waals surface area (Å²) in [6, 6.07) is 5.55. The summed E-state index contributed by atoms with van der Waals surface area (Å²) >= 11 is 5.90. The number of alkyl halides is 1. The van der Waals surface area contributed by atoms with Crippen LogP contribution in [0, 0.1) is 5.82 Å². The lowest BCUT2D eigenvalue weighted by molar-refractivity contribution is 0.0951. The van der Waals surface area contributed by atoms with Crippen LogP contribution in [0.2, 0.25) is 0 Å². The lowest BCUT2D eigenvalue weighted by Crippen LogP contribution is -2.27. The molecule has 1 amide bonds. The van der Waals surface area contributed by atoms with Crippen LogP contribution < -0.4 is 5.32 Å². The van der Waals surface area contributed by atoms with Crippen LogP contribution in [-0.4, -0.2) is 31.5 Å². The predicted molar refractivity (Wildman–Crippen MR) is 64.9 cm³/mol. The number of amides is 1. The first kappa shape index (κ1) is 13.9. The first-order chi connectivity index (χ1) is 8.13. The smallest absolute Gasteiger partial charge is 0.251 e. The van der Waals surface area contributed by atoms with Crippen molar-refractivity contribution in [3.05, 3.63) is 35.6 Å². The highest BCUT2D eigenvalue weighted by Crippen LogP contribution is 2.04. The maximum absolute atomic E-state index is 12.9. The molecular weight excluding hydrogens is 245 g/mol. The van der Waals surface area contributed by atoms with Gasteiger partial charge in [0.2, 0.25) is 0 Å². The number of halogens is 2. The summed E-state index contributed by atoms with van der Waals surface area (Å²) in [6.07, 6.45) is 0.608. The van der Waals surface area contributed by atoms with Crippen LogP contribution >= 0.6 is 11.6 Å². The van der Waals surface area contributed by atoms with Crippen LogP contribution in [0.4, 0.5) is 4.39 Å². The van der Waals surface area contributed by atoms with Gasteiger partial charge in [0.1, 0.15) is 5.82 Å². The van der Waals surface area contributed by atoms with Crippen molar-refractivity contribution in [2.75, 3.05) is 20.3 Å². The van der Waals surface area contributed by atoms with Gasteiger partial charge in [-0.25, -0.2) is 4.39 Å². The molecule has 1 atom stereocenters. The number of hydrogen-bond donors (Lipinski definition) is 1. The van der Waals surface area contributed by atoms with E-state index in [4.69, 9.17) is 16.3 Å². The van der Waals surface area contributed by atoms with Gasteiger partial charge in [0.25, 0.3) is 5.91 Å². The van der Waals surface area contributed by atoms with Crippen molar-refractivity contribution in [1.29, 1.82) is 0 Å². The molecular formula is C12H15ClFNO2. The fraction of sp³-hybridized carbons (Fsp3) is 0.417. The van der Waals surface area contributed by atoms with Gasteiger partial charge in [-0.05, 0) is 24.6 Å². The van der Waals surface area contributed by atoms with E-state index in [1.54, 1.807) is 13.2 Å². The summed E-state index contributed by atoms with van der Waals surface area (Å²) in [5, 5.41) is 2.54. The Hall–Kier alpha value is -1.13. The molecule has 0 aromatic heterocycles. The van der Waals surface area contributed by atoms with E-state index < -0.39 is 5.82 Å². The molecule has 1 unspecified atom stereocenters. The summed E-state index contributed by atoms with van der Waals surface area (Å²) in [5.74, 6) is -0.724. The van der Waals surface area contributed by atoms with Crippen molar-refractivity contribution in [2.24, 2.45) is 0 Å². The molecule has 17 heavy (non-hydrogen) atoms. The SMILES string of the molecule is COCC(Cl)CCNC(=O)c1cccc(F)c1. The number of carbonyl (C=O) groups excluding carboxylic acids is 1. The second kappa shape index (κ2) is 7.25. The minimum Gasteiger partial charge on any atom is -0.383 e. The Labute approximate surface area is 105 Å². The van der Waals surface area contributed by atoms with Gasteiger partial charge in [0, 0.05) is 19.2 Å². The molecule has 1 aromatic rings. The molecule has 94 valence electrons. The van der Waals surface area contributed by atoms with Crippen LogP contribution in [-0.2, 0) is 4.74 Å². The van der Waals surface area contributed by atoms with Crippen LogP contribution in [0.1, 0.15) is 16.8 Å². The van der Waals surface area contributed by atoms with Gasteiger partial charge in [-0.3, -0.25) is 4.79 Å². The average molecular weight is 260 g/mol. The lowest BCUT2D eigenvalue weighted by Gasteiger charge is -2.09. The summed E-state index contributed by atoms with van der Waals surface area (Å²) in [7, 11) is 1.57. The minimum atomic E-state index is -0.424. The normalized spacial score (nSPS) is 12.2. The molecule has 0 radical (unpaired) electrons. The van der Waals surface area contributed by atoms with E-state index in [9.17, 15) is 9.18 Å². The van der Waals surface area contributed by atoms with E-state index in [1.165, 1.54) is 18.2 Å². The van der Waals surface area contributed by atoms with Gasteiger partial charge in [0.05, 0.1) is 12.0 Å². The Morgan fingerprint density at radius 1 is 1.59 bits per heavy atom. The lowest BCUT2D eigenvalue weighted by atomic mass is 10.2. The van der Waals surface area contributed by atoms with Crippen molar-refractivity contribution in [3.63, 3.8) is 0 Å². The molecule has 0 aliphatic rings. The van der Waals surface area contributed by atoms with E-state index in [1.807, 2.05) is 0 Å². The Bertz CT molecular complexity index is 373. The number of hydrogen-bond acceptors (Lipinski definition) is 2. The minimum absolute atomic E-state index is 0.132. The van der Waals surface area contributed by atoms with Crippen LogP contribution in [0.25, 0.3) is 0 Å². The number of ether oxygens (including phenoxy) is 1. The standard InChI is InChI=1S/C12H15ClFNO2/c1-17-8-10(13)5-6-15-12(16)9-3-2-4-11(14)7-9/h2-4,7,10H,5-6,8H2,1H3,(H,15,16). The molecule has 1 aromatic carbocycles. The van der Waals surface area contributed by atoms with Gasteiger partial charge >= 0.3 is 0 Å². The first-order valence-electron chi connectivity index (χ1n) is 5.30. The van der Waals surface area contributed by atoms with Crippen LogP contribution in [0.15, 0.2) is 24.3 Å². The summed E-state index contributed by atoms with van der Waals surface area (Å²) in [4.78, 5) is 11.6. The summed E-state index contributed by atoms with van der Waals surface area (Å²) < 4.78 is 17.7. The number of carbonyl (C=O) groups is 1. The molecule has 0 aliphatic heterocycles. The van der Waals surface area contributed by atoms with Crippen LogP contribution in [0.5, 0.6) is 0 Å². The van der Waals surface area contributed by atoms with Crippen molar-refractivity contribution < 1.29 is 13.9 Å². The van der Waals surface area contributed by atoms with E-state index in [2.05, 4.69) is 5.32 Å². The maximum Gasteiger partial charge on any atom is 0.251 e. The second-order valence-electron chi connectivity index (χ2n) is 3.61. The molecule has 0 saturated heterocycles. The number of nitrogens with one attached hydrogen (secondary N) is 1. The Balaban J connectivity index is 2.35. The van der Waals surface area contributed by atoms with Gasteiger partial charge in [-0.1, -0.05) is 6.07 Å². The molecule has 1 rings (SSSR count). The van der Waals surface area contributed by atoms with E-state index in [0.29, 0.717) is 25.1 Å². The first-order valence-corrected chi connectivity index (χ1v) is 5.74. The van der Waals surface area contributed by atoms with E-state index >= 15 is 0 Å². The van der Waals surface area contributed by atoms with E-state index in [0.717, 1.165) is 0 Å². The molecule has 1 N–H and O–H groups in total. The third-order valence-electron chi connectivity index (χ3n) is 2.18. The van der Waals surface area contributed by atoms with Crippen molar-refractivity contribution in [1.82, 2.24) is 5.32 Å². The zero-order valence-corrected chi connectivity index (χ0v) is 10.3. The average Bonchev–Trinajstić information content (AvgIpc) is 2.29. The highest BCUT2D eigenvalue weighted by Gasteiger charge is 2.08. The van der Waals surface area contributed by atoms with Crippen molar-refractivity contribution in [2.45, 2.75) is 11.8 Å². The number of benzene rings is 1. The largest absolute Gasteiger partial charge is 0.383 e. The topological polar surface area (TPSA) is 38.3 Å². The maximum atomic E-state index is 12.9. The van der Waals surface area contributed by atoms with Gasteiger partial charge < -0.3 is 10.1 Å². The molecule has 0 heterocycles. The summed E-state index contributed by atoms with van der Waals surface area (Å²) in [5.41, 5.74) is 0.308. The highest BCUT2D eigenvalue weighted by atomic mass is 35.5. The van der Waals surface area contributed by atoms with Gasteiger partial charge in [0.15, 0.2) is 0 Å². The molecule has 0 fully saturated rings. The Morgan fingerprint density at radius 2 is 2.35 bits per heavy atom. The van der Waals surface area contributed by atoms with Crippen molar-refractivity contribution >= 4 is 17.5 Å².